The van der Waals surface area contributed by atoms with Crippen molar-refractivity contribution in [1.82, 2.24) is 10.4 Å². The zero-order valence-electron chi connectivity index (χ0n) is 7.34. The van der Waals surface area contributed by atoms with E-state index in [1.165, 1.54) is 11.3 Å². The summed E-state index contributed by atoms with van der Waals surface area (Å²) in [4.78, 5) is 1.53. The van der Waals surface area contributed by atoms with Gasteiger partial charge in [0, 0.05) is 24.5 Å². The zero-order chi connectivity index (χ0) is 8.39. The third-order valence-electron chi connectivity index (χ3n) is 2.20. The molecule has 0 aliphatic carbocycles. The Hall–Kier alpha value is -0.380. The Bertz CT molecular complexity index is 257. The molecular weight excluding hydrogens is 168 g/mol. The molecule has 1 aliphatic rings. The van der Waals surface area contributed by atoms with Gasteiger partial charge in [-0.15, -0.1) is 11.3 Å². The standard InChI is InChI=1S/C9H14N2S/c1-2-10-11-5-3-8-4-6-12-9(8)7-11/h4,6,10H,2-3,5,7H2,1H3. The average Bonchev–Trinajstić information content (AvgIpc) is 2.51. The van der Waals surface area contributed by atoms with Crippen molar-refractivity contribution in [2.75, 3.05) is 13.1 Å². The number of rotatable bonds is 2. The van der Waals surface area contributed by atoms with Crippen LogP contribution in [0.25, 0.3) is 0 Å². The minimum absolute atomic E-state index is 1.03. The molecule has 3 heteroatoms. The first kappa shape index (κ1) is 8.23. The molecule has 0 aromatic carbocycles. The Balaban J connectivity index is 2.05. The van der Waals surface area contributed by atoms with Gasteiger partial charge in [0.2, 0.25) is 0 Å². The maximum atomic E-state index is 3.36. The highest BCUT2D eigenvalue weighted by Gasteiger charge is 2.15. The Kier molecular flexibility index (Phi) is 2.44. The van der Waals surface area contributed by atoms with Gasteiger partial charge in [-0.1, -0.05) is 6.92 Å². The van der Waals surface area contributed by atoms with Crippen LogP contribution in [0.4, 0.5) is 0 Å². The van der Waals surface area contributed by atoms with E-state index in [1.54, 1.807) is 5.56 Å². The van der Waals surface area contributed by atoms with E-state index in [4.69, 9.17) is 0 Å². The summed E-state index contributed by atoms with van der Waals surface area (Å²) in [6, 6.07) is 2.25. The summed E-state index contributed by atoms with van der Waals surface area (Å²) in [5.74, 6) is 0. The Morgan fingerprint density at radius 3 is 3.42 bits per heavy atom. The van der Waals surface area contributed by atoms with Gasteiger partial charge in [0.05, 0.1) is 0 Å². The molecule has 0 unspecified atom stereocenters. The van der Waals surface area contributed by atoms with Gasteiger partial charge in [-0.3, -0.25) is 5.43 Å². The molecule has 2 rings (SSSR count). The fraction of sp³-hybridized carbons (Fsp3) is 0.556. The molecule has 1 N–H and O–H groups in total. The van der Waals surface area contributed by atoms with Crippen LogP contribution >= 0.6 is 11.3 Å². The van der Waals surface area contributed by atoms with Gasteiger partial charge in [-0.25, -0.2) is 5.01 Å². The van der Waals surface area contributed by atoms with Crippen molar-refractivity contribution >= 4 is 11.3 Å². The van der Waals surface area contributed by atoms with E-state index in [-0.39, 0.29) is 0 Å². The minimum Gasteiger partial charge on any atom is -0.255 e. The molecule has 2 nitrogen and oxygen atoms in total. The van der Waals surface area contributed by atoms with Crippen LogP contribution in [0, 0.1) is 0 Å². The van der Waals surface area contributed by atoms with Crippen molar-refractivity contribution in [2.24, 2.45) is 0 Å². The molecule has 0 fully saturated rings. The van der Waals surface area contributed by atoms with Gasteiger partial charge in [0.1, 0.15) is 0 Å². The number of fused-ring (bicyclic) bond motifs is 1. The number of hydrogen-bond acceptors (Lipinski definition) is 3. The largest absolute Gasteiger partial charge is 0.255 e. The summed E-state index contributed by atoms with van der Waals surface area (Å²) < 4.78 is 0. The van der Waals surface area contributed by atoms with Crippen LogP contribution < -0.4 is 5.43 Å². The van der Waals surface area contributed by atoms with Gasteiger partial charge in [-0.2, -0.15) is 0 Å². The summed E-state index contributed by atoms with van der Waals surface area (Å²) >= 11 is 1.87. The molecule has 0 amide bonds. The molecule has 1 aromatic rings. The summed E-state index contributed by atoms with van der Waals surface area (Å²) in [6.07, 6.45) is 1.20. The van der Waals surface area contributed by atoms with Crippen molar-refractivity contribution < 1.29 is 0 Å². The molecule has 12 heavy (non-hydrogen) atoms. The molecule has 2 heterocycles. The second-order valence-corrected chi connectivity index (χ2v) is 4.05. The number of hydrazine groups is 1. The first-order valence-corrected chi connectivity index (χ1v) is 5.32. The molecule has 0 saturated carbocycles. The van der Waals surface area contributed by atoms with Gasteiger partial charge in [-0.05, 0) is 23.4 Å². The lowest BCUT2D eigenvalue weighted by atomic mass is 10.1. The Morgan fingerprint density at radius 1 is 1.67 bits per heavy atom. The molecule has 0 atom stereocenters. The normalized spacial score (nSPS) is 17.8. The highest BCUT2D eigenvalue weighted by atomic mass is 32.1. The molecule has 0 spiro atoms. The number of hydrogen-bond donors (Lipinski definition) is 1. The Morgan fingerprint density at radius 2 is 2.58 bits per heavy atom. The fourth-order valence-corrected chi connectivity index (χ4v) is 2.54. The van der Waals surface area contributed by atoms with Crippen molar-refractivity contribution in [3.8, 4) is 0 Å². The molecule has 0 saturated heterocycles. The van der Waals surface area contributed by atoms with E-state index in [0.717, 1.165) is 19.6 Å². The molecule has 1 aliphatic heterocycles. The lowest BCUT2D eigenvalue weighted by molar-refractivity contribution is 0.176. The maximum Gasteiger partial charge on any atom is 0.0478 e. The van der Waals surface area contributed by atoms with Gasteiger partial charge >= 0.3 is 0 Å². The van der Waals surface area contributed by atoms with Crippen LogP contribution in [0.3, 0.4) is 0 Å². The van der Waals surface area contributed by atoms with E-state index in [1.807, 2.05) is 11.3 Å². The van der Waals surface area contributed by atoms with Crippen molar-refractivity contribution in [1.29, 1.82) is 0 Å². The molecule has 0 radical (unpaired) electrons. The highest BCUT2D eigenvalue weighted by Crippen LogP contribution is 2.22. The summed E-state index contributed by atoms with van der Waals surface area (Å²) in [7, 11) is 0. The van der Waals surface area contributed by atoms with Crippen molar-refractivity contribution in [2.45, 2.75) is 19.9 Å². The average molecular weight is 182 g/mol. The third kappa shape index (κ3) is 1.53. The molecule has 0 bridgehead atoms. The summed E-state index contributed by atoms with van der Waals surface area (Å²) in [5, 5.41) is 4.50. The van der Waals surface area contributed by atoms with E-state index in [2.05, 4.69) is 28.8 Å². The fourth-order valence-electron chi connectivity index (χ4n) is 1.59. The van der Waals surface area contributed by atoms with E-state index in [9.17, 15) is 0 Å². The summed E-state index contributed by atoms with van der Waals surface area (Å²) in [5.41, 5.74) is 4.91. The zero-order valence-corrected chi connectivity index (χ0v) is 8.16. The van der Waals surface area contributed by atoms with Crippen LogP contribution in [0.5, 0.6) is 0 Å². The lowest BCUT2D eigenvalue weighted by Crippen LogP contribution is -2.40. The van der Waals surface area contributed by atoms with Crippen LogP contribution in [0.1, 0.15) is 17.4 Å². The van der Waals surface area contributed by atoms with Gasteiger partial charge in [0.25, 0.3) is 0 Å². The predicted octanol–water partition coefficient (Wildman–Crippen LogP) is 1.63. The third-order valence-corrected chi connectivity index (χ3v) is 3.15. The highest BCUT2D eigenvalue weighted by molar-refractivity contribution is 7.10. The Labute approximate surface area is 77.2 Å². The van der Waals surface area contributed by atoms with Crippen LogP contribution in [0.15, 0.2) is 11.4 Å². The lowest BCUT2D eigenvalue weighted by Gasteiger charge is -2.26. The monoisotopic (exact) mass is 182 g/mol. The van der Waals surface area contributed by atoms with Crippen LogP contribution in [0.2, 0.25) is 0 Å². The predicted molar refractivity (Wildman–Crippen MR) is 52.1 cm³/mol. The quantitative estimate of drug-likeness (QED) is 0.748. The maximum absolute atomic E-state index is 3.36. The first-order chi connectivity index (χ1) is 5.90. The van der Waals surface area contributed by atoms with Crippen molar-refractivity contribution in [3.63, 3.8) is 0 Å². The van der Waals surface area contributed by atoms with Crippen LogP contribution in [-0.2, 0) is 13.0 Å². The number of nitrogens with one attached hydrogen (secondary N) is 1. The van der Waals surface area contributed by atoms with Crippen LogP contribution in [-0.4, -0.2) is 18.1 Å². The second-order valence-electron chi connectivity index (χ2n) is 3.05. The minimum atomic E-state index is 1.03. The van der Waals surface area contributed by atoms with Gasteiger partial charge < -0.3 is 0 Å². The van der Waals surface area contributed by atoms with E-state index >= 15 is 0 Å². The van der Waals surface area contributed by atoms with E-state index < -0.39 is 0 Å². The van der Waals surface area contributed by atoms with Crippen molar-refractivity contribution in [3.05, 3.63) is 21.9 Å². The summed E-state index contributed by atoms with van der Waals surface area (Å²) in [6.45, 7) is 5.41. The smallest absolute Gasteiger partial charge is 0.0478 e. The molecular formula is C9H14N2S. The molecule has 1 aromatic heterocycles. The first-order valence-electron chi connectivity index (χ1n) is 4.44. The van der Waals surface area contributed by atoms with Gasteiger partial charge in [0.15, 0.2) is 0 Å². The second kappa shape index (κ2) is 3.56. The number of thiophene rings is 1. The topological polar surface area (TPSA) is 15.3 Å². The molecule has 66 valence electrons. The SMILES string of the molecule is CCNN1CCc2ccsc2C1. The number of nitrogens with zero attached hydrogens (tertiary/aromatic N) is 1. The van der Waals surface area contributed by atoms with E-state index in [0.29, 0.717) is 0 Å².